The lowest BCUT2D eigenvalue weighted by Gasteiger charge is -2.32. The number of anilines is 1. The number of hydrogen-bond acceptors (Lipinski definition) is 3. The molecule has 0 fully saturated rings. The maximum atomic E-state index is 11.3. The quantitative estimate of drug-likeness (QED) is 0.805. The van der Waals surface area contributed by atoms with E-state index in [4.69, 9.17) is 0 Å². The van der Waals surface area contributed by atoms with Gasteiger partial charge >= 0.3 is 0 Å². The molecule has 0 aliphatic heterocycles. The van der Waals surface area contributed by atoms with E-state index in [1.165, 1.54) is 6.26 Å². The van der Waals surface area contributed by atoms with Crippen LogP contribution >= 0.6 is 0 Å². The zero-order valence-corrected chi connectivity index (χ0v) is 12.3. The second-order valence-corrected chi connectivity index (χ2v) is 6.33. The normalized spacial score (nSPS) is 13.3. The Morgan fingerprint density at radius 2 is 1.94 bits per heavy atom. The van der Waals surface area contributed by atoms with Gasteiger partial charge in [0.15, 0.2) is 0 Å². The summed E-state index contributed by atoms with van der Waals surface area (Å²) in [6, 6.07) is 8.01. The predicted molar refractivity (Wildman–Crippen MR) is 76.3 cm³/mol. The molecular weight excluding hydrogens is 248 g/mol. The summed E-state index contributed by atoms with van der Waals surface area (Å²) in [6.45, 7) is 6.79. The summed E-state index contributed by atoms with van der Waals surface area (Å²) in [5.41, 5.74) is 2.22. The van der Waals surface area contributed by atoms with Crippen LogP contribution in [-0.2, 0) is 10.0 Å². The summed E-state index contributed by atoms with van der Waals surface area (Å²) in [7, 11) is -3.20. The standard InChI is InChI=1S/C13H22N2O2S/c1-5-10-15(12(3)14-18(4,16)17)13-9-7-6-8-11(13)2/h6-9,12,14H,5,10H2,1-4H3. The second kappa shape index (κ2) is 6.20. The summed E-state index contributed by atoms with van der Waals surface area (Å²) in [6.07, 6.45) is 1.90. The molecule has 4 nitrogen and oxygen atoms in total. The molecule has 0 aromatic heterocycles. The number of nitrogens with zero attached hydrogens (tertiary/aromatic N) is 1. The van der Waals surface area contributed by atoms with E-state index in [9.17, 15) is 8.42 Å². The minimum Gasteiger partial charge on any atom is -0.355 e. The molecule has 0 aliphatic carbocycles. The van der Waals surface area contributed by atoms with Gasteiger partial charge in [-0.15, -0.1) is 0 Å². The Labute approximate surface area is 110 Å². The number of sulfonamides is 1. The van der Waals surface area contributed by atoms with Gasteiger partial charge in [0.25, 0.3) is 0 Å². The molecule has 0 saturated heterocycles. The van der Waals surface area contributed by atoms with Crippen LogP contribution in [0.2, 0.25) is 0 Å². The molecule has 1 rings (SSSR count). The van der Waals surface area contributed by atoms with Crippen LogP contribution in [0, 0.1) is 6.92 Å². The van der Waals surface area contributed by atoms with Gasteiger partial charge in [0.1, 0.15) is 0 Å². The van der Waals surface area contributed by atoms with Gasteiger partial charge in [0.2, 0.25) is 10.0 Å². The first-order chi connectivity index (χ1) is 8.35. The van der Waals surface area contributed by atoms with Gasteiger partial charge in [0.05, 0.1) is 12.4 Å². The van der Waals surface area contributed by atoms with Gasteiger partial charge in [-0.1, -0.05) is 25.1 Å². The third-order valence-corrected chi connectivity index (χ3v) is 3.51. The van der Waals surface area contributed by atoms with Crippen molar-refractivity contribution in [3.63, 3.8) is 0 Å². The Balaban J connectivity index is 2.99. The van der Waals surface area contributed by atoms with Crippen molar-refractivity contribution in [1.82, 2.24) is 4.72 Å². The highest BCUT2D eigenvalue weighted by molar-refractivity contribution is 7.88. The lowest BCUT2D eigenvalue weighted by atomic mass is 10.1. The molecule has 102 valence electrons. The predicted octanol–water partition coefficient (Wildman–Crippen LogP) is 2.11. The van der Waals surface area contributed by atoms with Crippen LogP contribution in [-0.4, -0.2) is 27.4 Å². The fourth-order valence-corrected chi connectivity index (χ4v) is 2.77. The van der Waals surface area contributed by atoms with E-state index in [2.05, 4.69) is 16.5 Å². The molecule has 0 radical (unpaired) electrons. The first-order valence-corrected chi connectivity index (χ1v) is 8.04. The number of hydrogen-bond donors (Lipinski definition) is 1. The van der Waals surface area contributed by atoms with E-state index in [1.807, 2.05) is 38.1 Å². The van der Waals surface area contributed by atoms with Gasteiger partial charge < -0.3 is 4.90 Å². The average molecular weight is 270 g/mol. The number of benzene rings is 1. The van der Waals surface area contributed by atoms with Crippen LogP contribution in [0.5, 0.6) is 0 Å². The third kappa shape index (κ3) is 4.31. The summed E-state index contributed by atoms with van der Waals surface area (Å²) >= 11 is 0. The maximum absolute atomic E-state index is 11.3. The second-order valence-electron chi connectivity index (χ2n) is 4.55. The van der Waals surface area contributed by atoms with E-state index in [0.29, 0.717) is 0 Å². The van der Waals surface area contributed by atoms with Gasteiger partial charge in [-0.2, -0.15) is 4.72 Å². The topological polar surface area (TPSA) is 49.4 Å². The van der Waals surface area contributed by atoms with E-state index < -0.39 is 10.0 Å². The highest BCUT2D eigenvalue weighted by atomic mass is 32.2. The van der Waals surface area contributed by atoms with Crippen molar-refractivity contribution >= 4 is 15.7 Å². The molecule has 0 saturated carbocycles. The average Bonchev–Trinajstić information content (AvgIpc) is 2.24. The van der Waals surface area contributed by atoms with Crippen molar-refractivity contribution in [2.24, 2.45) is 0 Å². The first kappa shape index (κ1) is 15.0. The minimum atomic E-state index is -3.20. The van der Waals surface area contributed by atoms with Crippen LogP contribution in [0.1, 0.15) is 25.8 Å². The van der Waals surface area contributed by atoms with Gasteiger partial charge in [0, 0.05) is 12.2 Å². The van der Waals surface area contributed by atoms with Crippen molar-refractivity contribution in [3.8, 4) is 0 Å². The fourth-order valence-electron chi connectivity index (χ4n) is 2.02. The summed E-state index contributed by atoms with van der Waals surface area (Å²) in [4.78, 5) is 2.08. The zero-order chi connectivity index (χ0) is 13.8. The minimum absolute atomic E-state index is 0.249. The van der Waals surface area contributed by atoms with E-state index >= 15 is 0 Å². The fraction of sp³-hybridized carbons (Fsp3) is 0.538. The van der Waals surface area contributed by atoms with Gasteiger partial charge in [-0.3, -0.25) is 0 Å². The van der Waals surface area contributed by atoms with Crippen LogP contribution in [0.4, 0.5) is 5.69 Å². The molecule has 18 heavy (non-hydrogen) atoms. The summed E-state index contributed by atoms with van der Waals surface area (Å²) in [5, 5.41) is 0. The van der Waals surface area contributed by atoms with E-state index in [-0.39, 0.29) is 6.17 Å². The maximum Gasteiger partial charge on any atom is 0.210 e. The monoisotopic (exact) mass is 270 g/mol. The highest BCUT2D eigenvalue weighted by Crippen LogP contribution is 2.21. The molecule has 0 bridgehead atoms. The molecule has 0 heterocycles. The SMILES string of the molecule is CCCN(c1ccccc1C)C(C)NS(C)(=O)=O. The molecule has 5 heteroatoms. The number of para-hydroxylation sites is 1. The lowest BCUT2D eigenvalue weighted by molar-refractivity contribution is 0.549. The molecule has 0 amide bonds. The van der Waals surface area contributed by atoms with Crippen LogP contribution in [0.15, 0.2) is 24.3 Å². The zero-order valence-electron chi connectivity index (χ0n) is 11.5. The number of rotatable bonds is 6. The lowest BCUT2D eigenvalue weighted by Crippen LogP contribution is -2.46. The largest absolute Gasteiger partial charge is 0.355 e. The molecule has 1 aromatic rings. The van der Waals surface area contributed by atoms with Gasteiger partial charge in [-0.25, -0.2) is 8.42 Å². The molecule has 1 N–H and O–H groups in total. The van der Waals surface area contributed by atoms with Crippen molar-refractivity contribution in [2.45, 2.75) is 33.4 Å². The van der Waals surface area contributed by atoms with Gasteiger partial charge in [-0.05, 0) is 31.9 Å². The molecule has 1 aromatic carbocycles. The molecule has 1 atom stereocenters. The third-order valence-electron chi connectivity index (χ3n) is 2.74. The number of nitrogens with one attached hydrogen (secondary N) is 1. The Morgan fingerprint density at radius 1 is 1.33 bits per heavy atom. The summed E-state index contributed by atoms with van der Waals surface area (Å²) < 4.78 is 25.3. The molecule has 0 spiro atoms. The molecule has 1 unspecified atom stereocenters. The van der Waals surface area contributed by atoms with Crippen LogP contribution < -0.4 is 9.62 Å². The van der Waals surface area contributed by atoms with Crippen molar-refractivity contribution in [1.29, 1.82) is 0 Å². The van der Waals surface area contributed by atoms with E-state index in [1.54, 1.807) is 0 Å². The Morgan fingerprint density at radius 3 is 2.44 bits per heavy atom. The number of aryl methyl sites for hydroxylation is 1. The Bertz CT molecular complexity index is 486. The highest BCUT2D eigenvalue weighted by Gasteiger charge is 2.18. The van der Waals surface area contributed by atoms with Crippen LogP contribution in [0.3, 0.4) is 0 Å². The van der Waals surface area contributed by atoms with Crippen molar-refractivity contribution in [2.75, 3.05) is 17.7 Å². The van der Waals surface area contributed by atoms with Crippen LogP contribution in [0.25, 0.3) is 0 Å². The Hall–Kier alpha value is -1.07. The molecular formula is C13H22N2O2S. The molecule has 0 aliphatic rings. The first-order valence-electron chi connectivity index (χ1n) is 6.14. The Kier molecular flexibility index (Phi) is 5.16. The summed E-state index contributed by atoms with van der Waals surface area (Å²) in [5.74, 6) is 0. The van der Waals surface area contributed by atoms with Crippen molar-refractivity contribution in [3.05, 3.63) is 29.8 Å². The smallest absolute Gasteiger partial charge is 0.210 e. The van der Waals surface area contributed by atoms with Crippen molar-refractivity contribution < 1.29 is 8.42 Å². The van der Waals surface area contributed by atoms with E-state index in [0.717, 1.165) is 24.2 Å².